The molecular formula is C19H27BO5. The van der Waals surface area contributed by atoms with Crippen LogP contribution >= 0.6 is 0 Å². The molecule has 0 aromatic heterocycles. The van der Waals surface area contributed by atoms with Crippen molar-refractivity contribution in [2.45, 2.75) is 51.1 Å². The van der Waals surface area contributed by atoms with Gasteiger partial charge in [-0.2, -0.15) is 0 Å². The van der Waals surface area contributed by atoms with Crippen molar-refractivity contribution < 1.29 is 23.6 Å². The summed E-state index contributed by atoms with van der Waals surface area (Å²) in [5.74, 6) is 0.183. The molecule has 1 fully saturated rings. The Bertz CT molecular complexity index is 593. The zero-order chi connectivity index (χ0) is 18.7. The Morgan fingerprint density at radius 1 is 1.20 bits per heavy atom. The van der Waals surface area contributed by atoms with Crippen molar-refractivity contribution in [2.75, 3.05) is 13.7 Å². The number of hydrogen-bond donors (Lipinski definition) is 0. The molecule has 25 heavy (non-hydrogen) atoms. The highest BCUT2D eigenvalue weighted by molar-refractivity contribution is 6.48. The monoisotopic (exact) mass is 346 g/mol. The van der Waals surface area contributed by atoms with Crippen LogP contribution in [0.3, 0.4) is 0 Å². The molecule has 1 heterocycles. The number of rotatable bonds is 7. The van der Waals surface area contributed by atoms with Gasteiger partial charge in [0.1, 0.15) is 12.4 Å². The van der Waals surface area contributed by atoms with Gasteiger partial charge in [0.15, 0.2) is 0 Å². The molecule has 1 aromatic rings. The van der Waals surface area contributed by atoms with E-state index >= 15 is 0 Å². The number of carbonyl (C=O) groups is 1. The summed E-state index contributed by atoms with van der Waals surface area (Å²) in [7, 11) is 0.861. The first kappa shape index (κ1) is 19.5. The Kier molecular flexibility index (Phi) is 5.96. The number of ether oxygens (including phenoxy) is 2. The Balaban J connectivity index is 2.24. The fraction of sp³-hybridized carbons (Fsp3) is 0.526. The molecule has 1 aliphatic heterocycles. The lowest BCUT2D eigenvalue weighted by atomic mass is 9.66. The molecule has 136 valence electrons. The maximum absolute atomic E-state index is 11.9. The number of carbonyl (C=O) groups excluding carboxylic acids is 1. The maximum atomic E-state index is 11.9. The van der Waals surface area contributed by atoms with Gasteiger partial charge in [-0.1, -0.05) is 24.8 Å². The Morgan fingerprint density at radius 3 is 2.24 bits per heavy atom. The van der Waals surface area contributed by atoms with Crippen LogP contribution in [0.1, 0.15) is 45.5 Å². The van der Waals surface area contributed by atoms with Crippen molar-refractivity contribution in [2.24, 2.45) is 0 Å². The van der Waals surface area contributed by atoms with E-state index in [0.717, 1.165) is 11.3 Å². The molecule has 1 saturated heterocycles. The minimum absolute atomic E-state index is 0.181. The Morgan fingerprint density at radius 2 is 1.76 bits per heavy atom. The van der Waals surface area contributed by atoms with E-state index in [2.05, 4.69) is 6.58 Å². The van der Waals surface area contributed by atoms with Crippen LogP contribution < -0.4 is 4.74 Å². The number of methoxy groups -OCH3 is 1. The van der Waals surface area contributed by atoms with E-state index in [-0.39, 0.29) is 18.2 Å². The first-order valence-corrected chi connectivity index (χ1v) is 8.46. The van der Waals surface area contributed by atoms with Gasteiger partial charge in [-0.3, -0.25) is 4.79 Å². The van der Waals surface area contributed by atoms with E-state index in [9.17, 15) is 4.79 Å². The summed E-state index contributed by atoms with van der Waals surface area (Å²) < 4.78 is 22.7. The number of esters is 1. The van der Waals surface area contributed by atoms with Crippen molar-refractivity contribution in [3.63, 3.8) is 0 Å². The third kappa shape index (κ3) is 4.44. The van der Waals surface area contributed by atoms with Gasteiger partial charge >= 0.3 is 13.1 Å². The first-order valence-electron chi connectivity index (χ1n) is 8.46. The fourth-order valence-corrected chi connectivity index (χ4v) is 2.65. The summed E-state index contributed by atoms with van der Waals surface area (Å²) in [6.45, 7) is 12.1. The average molecular weight is 346 g/mol. The molecule has 2 rings (SSSR count). The summed E-state index contributed by atoms with van der Waals surface area (Å²) in [5, 5.41) is 0. The van der Waals surface area contributed by atoms with Crippen LogP contribution in [-0.4, -0.2) is 38.0 Å². The van der Waals surface area contributed by atoms with Crippen LogP contribution in [0.5, 0.6) is 5.75 Å². The van der Waals surface area contributed by atoms with Crippen LogP contribution in [0, 0.1) is 0 Å². The first-order chi connectivity index (χ1) is 11.7. The smallest absolute Gasteiger partial charge is 0.466 e. The molecule has 1 aliphatic rings. The molecule has 0 spiro atoms. The van der Waals surface area contributed by atoms with Crippen molar-refractivity contribution in [1.82, 2.24) is 0 Å². The zero-order valence-electron chi connectivity index (χ0n) is 15.7. The number of benzene rings is 1. The minimum atomic E-state index is -0.524. The lowest BCUT2D eigenvalue weighted by molar-refractivity contribution is -0.140. The molecule has 0 aliphatic carbocycles. The number of hydrogen-bond acceptors (Lipinski definition) is 5. The van der Waals surface area contributed by atoms with Gasteiger partial charge in [-0.25, -0.2) is 0 Å². The third-order valence-corrected chi connectivity index (χ3v) is 4.89. The van der Waals surface area contributed by atoms with E-state index in [1.165, 1.54) is 7.11 Å². The lowest BCUT2D eigenvalue weighted by Gasteiger charge is -2.32. The molecular weight excluding hydrogens is 319 g/mol. The normalized spacial score (nSPS) is 19.3. The van der Waals surface area contributed by atoms with Gasteiger partial charge in [0.25, 0.3) is 0 Å². The Labute approximate surface area is 150 Å². The van der Waals surface area contributed by atoms with Gasteiger partial charge in [-0.05, 0) is 45.4 Å². The predicted molar refractivity (Wildman–Crippen MR) is 97.6 cm³/mol. The van der Waals surface area contributed by atoms with Crippen molar-refractivity contribution >= 4 is 13.1 Å². The van der Waals surface area contributed by atoms with Gasteiger partial charge in [0.05, 0.1) is 24.7 Å². The van der Waals surface area contributed by atoms with E-state index in [1.807, 2.05) is 52.0 Å². The van der Waals surface area contributed by atoms with Crippen LogP contribution in [0.4, 0.5) is 0 Å². The highest BCUT2D eigenvalue weighted by atomic mass is 16.7. The van der Waals surface area contributed by atoms with Crippen molar-refractivity contribution in [3.8, 4) is 5.75 Å². The summed E-state index contributed by atoms with van der Waals surface area (Å²) in [4.78, 5) is 11.9. The molecule has 0 amide bonds. The summed E-state index contributed by atoms with van der Waals surface area (Å²) >= 11 is 0. The third-order valence-electron chi connectivity index (χ3n) is 4.89. The Hall–Kier alpha value is -1.79. The van der Waals surface area contributed by atoms with Gasteiger partial charge in [-0.15, -0.1) is 0 Å². The zero-order valence-corrected chi connectivity index (χ0v) is 15.7. The summed E-state index contributed by atoms with van der Waals surface area (Å²) in [5.41, 5.74) is 0.0211. The molecule has 0 radical (unpaired) electrons. The SMILES string of the molecule is C=CCOc1ccc(C(CC(=O)OC)B2OC(C)(C)C(C)(C)O2)cc1. The predicted octanol–water partition coefficient (Wildman–Crippen LogP) is 3.53. The molecule has 6 heteroatoms. The van der Waals surface area contributed by atoms with E-state index in [1.54, 1.807) is 6.08 Å². The second-order valence-electron chi connectivity index (χ2n) is 7.18. The van der Waals surface area contributed by atoms with Gasteiger partial charge < -0.3 is 18.8 Å². The van der Waals surface area contributed by atoms with E-state index < -0.39 is 18.3 Å². The molecule has 5 nitrogen and oxygen atoms in total. The van der Waals surface area contributed by atoms with Gasteiger partial charge in [0, 0.05) is 5.82 Å². The van der Waals surface area contributed by atoms with E-state index in [4.69, 9.17) is 18.8 Å². The van der Waals surface area contributed by atoms with Gasteiger partial charge in [0.2, 0.25) is 0 Å². The minimum Gasteiger partial charge on any atom is -0.490 e. The van der Waals surface area contributed by atoms with Crippen LogP contribution in [0.15, 0.2) is 36.9 Å². The summed E-state index contributed by atoms with van der Waals surface area (Å²) in [6.07, 6.45) is 1.87. The molecule has 1 unspecified atom stereocenters. The standard InChI is InChI=1S/C19H27BO5/c1-7-12-23-15-10-8-14(9-11-15)16(13-17(21)22-6)20-24-18(2,3)19(4,5)25-20/h7-11,16H,1,12-13H2,2-6H3. The molecule has 0 N–H and O–H groups in total. The quantitative estimate of drug-likeness (QED) is 0.429. The van der Waals surface area contributed by atoms with Crippen LogP contribution in [0.2, 0.25) is 0 Å². The second-order valence-corrected chi connectivity index (χ2v) is 7.18. The van der Waals surface area contributed by atoms with E-state index in [0.29, 0.717) is 6.61 Å². The second kappa shape index (κ2) is 7.62. The molecule has 0 saturated carbocycles. The fourth-order valence-electron chi connectivity index (χ4n) is 2.65. The van der Waals surface area contributed by atoms with Crippen molar-refractivity contribution in [3.05, 3.63) is 42.5 Å². The van der Waals surface area contributed by atoms with Crippen LogP contribution in [0.25, 0.3) is 0 Å². The van der Waals surface area contributed by atoms with Crippen molar-refractivity contribution in [1.29, 1.82) is 0 Å². The average Bonchev–Trinajstić information content (AvgIpc) is 2.78. The summed E-state index contributed by atoms with van der Waals surface area (Å²) in [6, 6.07) is 7.59. The van der Waals surface area contributed by atoms with Crippen LogP contribution in [-0.2, 0) is 18.8 Å². The molecule has 1 atom stereocenters. The maximum Gasteiger partial charge on any atom is 0.466 e. The lowest BCUT2D eigenvalue weighted by Crippen LogP contribution is -2.41. The molecule has 1 aromatic carbocycles. The molecule has 0 bridgehead atoms. The topological polar surface area (TPSA) is 54.0 Å². The highest BCUT2D eigenvalue weighted by Gasteiger charge is 2.54. The highest BCUT2D eigenvalue weighted by Crippen LogP contribution is 2.42. The largest absolute Gasteiger partial charge is 0.490 e.